The van der Waals surface area contributed by atoms with Gasteiger partial charge in [-0.25, -0.2) is 0 Å². The maximum Gasteiger partial charge on any atom is 0.00728 e. The third-order valence-electron chi connectivity index (χ3n) is 4.38. The summed E-state index contributed by atoms with van der Waals surface area (Å²) in [6.45, 7) is 2.58. The number of hydrogen-bond donors (Lipinski definition) is 1. The lowest BCUT2D eigenvalue weighted by atomic mass is 9.89. The average molecular weight is 256 g/mol. The molecular formula is C14H28N2S. The zero-order valence-electron chi connectivity index (χ0n) is 11.5. The summed E-state index contributed by atoms with van der Waals surface area (Å²) in [7, 11) is 2.29. The molecule has 0 aromatic rings. The molecule has 0 aromatic carbocycles. The Morgan fingerprint density at radius 2 is 1.88 bits per heavy atom. The third kappa shape index (κ3) is 4.46. The fraction of sp³-hybridized carbons (Fsp3) is 1.00. The van der Waals surface area contributed by atoms with Gasteiger partial charge in [0, 0.05) is 12.1 Å². The maximum absolute atomic E-state index is 3.73. The van der Waals surface area contributed by atoms with Crippen molar-refractivity contribution in [1.29, 1.82) is 0 Å². The molecule has 3 heteroatoms. The van der Waals surface area contributed by atoms with Crippen molar-refractivity contribution in [3.8, 4) is 0 Å². The van der Waals surface area contributed by atoms with Crippen LogP contribution < -0.4 is 5.32 Å². The Morgan fingerprint density at radius 3 is 2.53 bits per heavy atom. The van der Waals surface area contributed by atoms with Gasteiger partial charge in [-0.05, 0) is 76.6 Å². The molecule has 1 N–H and O–H groups in total. The first kappa shape index (κ1) is 13.7. The van der Waals surface area contributed by atoms with Crippen molar-refractivity contribution >= 4 is 11.8 Å². The molecule has 2 bridgehead atoms. The minimum atomic E-state index is 0.862. The van der Waals surface area contributed by atoms with Crippen LogP contribution >= 0.6 is 11.8 Å². The predicted molar refractivity (Wildman–Crippen MR) is 77.8 cm³/mol. The molecule has 2 aliphatic heterocycles. The van der Waals surface area contributed by atoms with Crippen LogP contribution in [0.5, 0.6) is 0 Å². The van der Waals surface area contributed by atoms with Gasteiger partial charge < -0.3 is 10.2 Å². The molecule has 0 spiro atoms. The van der Waals surface area contributed by atoms with E-state index < -0.39 is 0 Å². The molecular weight excluding hydrogens is 228 g/mol. The van der Waals surface area contributed by atoms with E-state index in [9.17, 15) is 0 Å². The summed E-state index contributed by atoms with van der Waals surface area (Å²) in [6, 6.07) is 1.72. The topological polar surface area (TPSA) is 15.3 Å². The van der Waals surface area contributed by atoms with Crippen LogP contribution in [0.15, 0.2) is 0 Å². The van der Waals surface area contributed by atoms with Crippen molar-refractivity contribution in [2.45, 2.75) is 50.6 Å². The molecule has 0 saturated carbocycles. The van der Waals surface area contributed by atoms with Crippen molar-refractivity contribution in [3.63, 3.8) is 0 Å². The lowest BCUT2D eigenvalue weighted by Crippen LogP contribution is -2.39. The van der Waals surface area contributed by atoms with Gasteiger partial charge in [0.05, 0.1) is 0 Å². The van der Waals surface area contributed by atoms with Crippen molar-refractivity contribution in [1.82, 2.24) is 10.2 Å². The molecule has 0 aliphatic carbocycles. The Balaban J connectivity index is 1.58. The van der Waals surface area contributed by atoms with Gasteiger partial charge in [-0.2, -0.15) is 11.8 Å². The Kier molecular flexibility index (Phi) is 5.64. The lowest BCUT2D eigenvalue weighted by molar-refractivity contribution is 0.242. The first-order chi connectivity index (χ1) is 8.28. The van der Waals surface area contributed by atoms with E-state index in [2.05, 4.69) is 23.5 Å². The van der Waals surface area contributed by atoms with Crippen LogP contribution in [0.2, 0.25) is 0 Å². The predicted octanol–water partition coefficient (Wildman–Crippen LogP) is 2.59. The number of thioether (sulfide) groups is 1. The van der Waals surface area contributed by atoms with Crippen LogP contribution in [0.3, 0.4) is 0 Å². The quantitative estimate of drug-likeness (QED) is 0.705. The van der Waals surface area contributed by atoms with E-state index in [4.69, 9.17) is 0 Å². The van der Waals surface area contributed by atoms with Crippen LogP contribution in [-0.4, -0.2) is 49.1 Å². The molecule has 17 heavy (non-hydrogen) atoms. The minimum absolute atomic E-state index is 0.862. The summed E-state index contributed by atoms with van der Waals surface area (Å²) >= 11 is 1.96. The second-order valence-electron chi connectivity index (χ2n) is 5.91. The molecule has 2 unspecified atom stereocenters. The summed E-state index contributed by atoms with van der Waals surface area (Å²) in [5, 5.41) is 3.73. The van der Waals surface area contributed by atoms with Gasteiger partial charge in [-0.3, -0.25) is 0 Å². The van der Waals surface area contributed by atoms with Crippen molar-refractivity contribution in [2.75, 3.05) is 32.1 Å². The number of nitrogens with zero attached hydrogens (tertiary/aromatic N) is 1. The Bertz CT molecular complexity index is 210. The Morgan fingerprint density at radius 1 is 1.18 bits per heavy atom. The van der Waals surface area contributed by atoms with Crippen LogP contribution in [0.25, 0.3) is 0 Å². The number of nitrogens with one attached hydrogen (secondary N) is 1. The maximum atomic E-state index is 3.73. The van der Waals surface area contributed by atoms with Crippen LogP contribution in [0.1, 0.15) is 38.5 Å². The third-order valence-corrected chi connectivity index (χ3v) is 5.07. The van der Waals surface area contributed by atoms with Gasteiger partial charge in [0.25, 0.3) is 0 Å². The molecule has 2 nitrogen and oxygen atoms in total. The van der Waals surface area contributed by atoms with Crippen LogP contribution in [0.4, 0.5) is 0 Å². The van der Waals surface area contributed by atoms with E-state index in [1.54, 1.807) is 0 Å². The standard InChI is InChI=1S/C14H28N2S/c1-16(7-3-9-17-2)8-6-12-10-13-4-5-14(11-12)15-13/h12-15H,3-11H2,1-2H3. The molecule has 2 fully saturated rings. The smallest absolute Gasteiger partial charge is 0.00728 e. The molecule has 0 radical (unpaired) electrons. The second kappa shape index (κ2) is 7.01. The summed E-state index contributed by atoms with van der Waals surface area (Å²) in [4.78, 5) is 2.53. The van der Waals surface area contributed by atoms with E-state index in [0.29, 0.717) is 0 Å². The molecule has 0 amide bonds. The monoisotopic (exact) mass is 256 g/mol. The van der Waals surface area contributed by atoms with Gasteiger partial charge in [-0.15, -0.1) is 0 Å². The van der Waals surface area contributed by atoms with E-state index >= 15 is 0 Å². The van der Waals surface area contributed by atoms with Gasteiger partial charge in [0.1, 0.15) is 0 Å². The highest BCUT2D eigenvalue weighted by atomic mass is 32.2. The second-order valence-corrected chi connectivity index (χ2v) is 6.90. The zero-order valence-corrected chi connectivity index (χ0v) is 12.3. The van der Waals surface area contributed by atoms with E-state index in [0.717, 1.165) is 18.0 Å². The first-order valence-corrected chi connectivity index (χ1v) is 8.61. The highest BCUT2D eigenvalue weighted by Gasteiger charge is 2.32. The SMILES string of the molecule is CSCCCN(C)CCC1CC2CCC(C1)N2. The normalized spacial score (nSPS) is 32.3. The first-order valence-electron chi connectivity index (χ1n) is 7.21. The summed E-state index contributed by atoms with van der Waals surface area (Å²) in [5.41, 5.74) is 0. The van der Waals surface area contributed by atoms with Gasteiger partial charge in [-0.1, -0.05) is 0 Å². The fourth-order valence-electron chi connectivity index (χ4n) is 3.40. The van der Waals surface area contributed by atoms with Crippen LogP contribution in [0, 0.1) is 5.92 Å². The number of piperidine rings is 1. The highest BCUT2D eigenvalue weighted by molar-refractivity contribution is 7.98. The minimum Gasteiger partial charge on any atom is -0.311 e. The van der Waals surface area contributed by atoms with E-state index in [1.165, 1.54) is 57.4 Å². The molecule has 2 aliphatic rings. The molecule has 2 saturated heterocycles. The molecule has 0 aromatic heterocycles. The van der Waals surface area contributed by atoms with Gasteiger partial charge in [0.15, 0.2) is 0 Å². The summed E-state index contributed by atoms with van der Waals surface area (Å²) in [6.07, 6.45) is 10.7. The highest BCUT2D eigenvalue weighted by Crippen LogP contribution is 2.32. The number of fused-ring (bicyclic) bond motifs is 2. The number of rotatable bonds is 7. The van der Waals surface area contributed by atoms with Crippen molar-refractivity contribution < 1.29 is 0 Å². The van der Waals surface area contributed by atoms with Gasteiger partial charge >= 0.3 is 0 Å². The van der Waals surface area contributed by atoms with Crippen molar-refractivity contribution in [3.05, 3.63) is 0 Å². The Labute approximate surface area is 111 Å². The molecule has 2 atom stereocenters. The molecule has 100 valence electrons. The summed E-state index contributed by atoms with van der Waals surface area (Å²) in [5.74, 6) is 2.30. The molecule has 2 heterocycles. The Hall–Kier alpha value is 0.270. The largest absolute Gasteiger partial charge is 0.311 e. The van der Waals surface area contributed by atoms with E-state index in [1.807, 2.05) is 11.8 Å². The van der Waals surface area contributed by atoms with Crippen molar-refractivity contribution in [2.24, 2.45) is 5.92 Å². The zero-order chi connectivity index (χ0) is 12.1. The van der Waals surface area contributed by atoms with Crippen LogP contribution in [-0.2, 0) is 0 Å². The molecule has 2 rings (SSSR count). The lowest BCUT2D eigenvalue weighted by Gasteiger charge is -2.30. The fourth-order valence-corrected chi connectivity index (χ4v) is 3.82. The summed E-state index contributed by atoms with van der Waals surface area (Å²) < 4.78 is 0. The van der Waals surface area contributed by atoms with Gasteiger partial charge in [0.2, 0.25) is 0 Å². The van der Waals surface area contributed by atoms with E-state index in [-0.39, 0.29) is 0 Å². The average Bonchev–Trinajstić information content (AvgIpc) is 2.66. The number of hydrogen-bond acceptors (Lipinski definition) is 3.